The van der Waals surface area contributed by atoms with E-state index in [0.717, 1.165) is 12.1 Å². The first-order valence-electron chi connectivity index (χ1n) is 6.71. The maximum atomic E-state index is 3.57. The average Bonchev–Trinajstić information content (AvgIpc) is 3.03. The highest BCUT2D eigenvalue weighted by Gasteiger charge is 2.19. The van der Waals surface area contributed by atoms with Crippen molar-refractivity contribution in [3.05, 3.63) is 0 Å². The fourth-order valence-corrected chi connectivity index (χ4v) is 2.17. The first-order valence-corrected chi connectivity index (χ1v) is 6.71. The SMILES string of the molecule is CCC(CC)N(C)CCCCNC1CC1. The van der Waals surface area contributed by atoms with Crippen LogP contribution in [0, 0.1) is 0 Å². The van der Waals surface area contributed by atoms with E-state index in [0.29, 0.717) is 0 Å². The minimum atomic E-state index is 0.793. The van der Waals surface area contributed by atoms with Crippen LogP contribution in [0.25, 0.3) is 0 Å². The Morgan fingerprint density at radius 2 is 1.87 bits per heavy atom. The Balaban J connectivity index is 1.92. The molecule has 0 radical (unpaired) electrons. The van der Waals surface area contributed by atoms with Crippen LogP contribution in [0.15, 0.2) is 0 Å². The molecule has 0 bridgehead atoms. The van der Waals surface area contributed by atoms with Gasteiger partial charge in [-0.05, 0) is 58.7 Å². The minimum Gasteiger partial charge on any atom is -0.314 e. The largest absolute Gasteiger partial charge is 0.314 e. The topological polar surface area (TPSA) is 15.3 Å². The van der Waals surface area contributed by atoms with Gasteiger partial charge in [-0.15, -0.1) is 0 Å². The first kappa shape index (κ1) is 13.0. The summed E-state index contributed by atoms with van der Waals surface area (Å²) in [6, 6.07) is 1.67. The highest BCUT2D eigenvalue weighted by atomic mass is 15.1. The summed E-state index contributed by atoms with van der Waals surface area (Å²) in [7, 11) is 2.27. The lowest BCUT2D eigenvalue weighted by Gasteiger charge is -2.25. The van der Waals surface area contributed by atoms with Crippen LogP contribution in [0.3, 0.4) is 0 Å². The lowest BCUT2D eigenvalue weighted by Crippen LogP contribution is -2.31. The molecule has 0 saturated heterocycles. The van der Waals surface area contributed by atoms with Crippen molar-refractivity contribution in [2.45, 2.75) is 64.5 Å². The fraction of sp³-hybridized carbons (Fsp3) is 1.00. The molecule has 0 unspecified atom stereocenters. The van der Waals surface area contributed by atoms with E-state index in [2.05, 4.69) is 31.1 Å². The number of hydrogen-bond acceptors (Lipinski definition) is 2. The van der Waals surface area contributed by atoms with Crippen LogP contribution >= 0.6 is 0 Å². The number of hydrogen-bond donors (Lipinski definition) is 1. The molecular formula is C13H28N2. The van der Waals surface area contributed by atoms with E-state index in [4.69, 9.17) is 0 Å². The number of nitrogens with one attached hydrogen (secondary N) is 1. The summed E-state index contributed by atoms with van der Waals surface area (Å²) < 4.78 is 0. The average molecular weight is 212 g/mol. The molecule has 0 aliphatic heterocycles. The molecular weight excluding hydrogens is 184 g/mol. The van der Waals surface area contributed by atoms with Crippen molar-refractivity contribution in [3.8, 4) is 0 Å². The third-order valence-corrected chi connectivity index (χ3v) is 3.51. The molecule has 2 heteroatoms. The summed E-state index contributed by atoms with van der Waals surface area (Å²) in [4.78, 5) is 2.52. The maximum absolute atomic E-state index is 3.57. The Bertz CT molecular complexity index is 151. The summed E-state index contributed by atoms with van der Waals surface area (Å²) >= 11 is 0. The van der Waals surface area contributed by atoms with E-state index < -0.39 is 0 Å². The third-order valence-electron chi connectivity index (χ3n) is 3.51. The third kappa shape index (κ3) is 5.53. The predicted molar refractivity (Wildman–Crippen MR) is 67.3 cm³/mol. The molecule has 1 N–H and O–H groups in total. The highest BCUT2D eigenvalue weighted by molar-refractivity contribution is 4.80. The van der Waals surface area contributed by atoms with Crippen molar-refractivity contribution in [1.82, 2.24) is 10.2 Å². The van der Waals surface area contributed by atoms with Gasteiger partial charge in [0, 0.05) is 12.1 Å². The lowest BCUT2D eigenvalue weighted by molar-refractivity contribution is 0.225. The van der Waals surface area contributed by atoms with Crippen LogP contribution in [0.2, 0.25) is 0 Å². The number of rotatable bonds is 9. The molecule has 1 fully saturated rings. The van der Waals surface area contributed by atoms with Crippen molar-refractivity contribution in [3.63, 3.8) is 0 Å². The van der Waals surface area contributed by atoms with Crippen molar-refractivity contribution in [2.75, 3.05) is 20.1 Å². The van der Waals surface area contributed by atoms with Crippen LogP contribution in [0.5, 0.6) is 0 Å². The van der Waals surface area contributed by atoms with E-state index in [1.54, 1.807) is 0 Å². The molecule has 0 heterocycles. The second kappa shape index (κ2) is 7.24. The molecule has 0 aromatic rings. The molecule has 0 atom stereocenters. The van der Waals surface area contributed by atoms with Gasteiger partial charge in [0.1, 0.15) is 0 Å². The Morgan fingerprint density at radius 3 is 2.40 bits per heavy atom. The summed E-state index contributed by atoms with van der Waals surface area (Å²) in [6.45, 7) is 7.07. The molecule has 1 saturated carbocycles. The van der Waals surface area contributed by atoms with Crippen molar-refractivity contribution < 1.29 is 0 Å². The van der Waals surface area contributed by atoms with Gasteiger partial charge in [0.2, 0.25) is 0 Å². The van der Waals surface area contributed by atoms with Crippen LogP contribution in [0.1, 0.15) is 52.4 Å². The standard InChI is InChI=1S/C13H28N2/c1-4-13(5-2)15(3)11-7-6-10-14-12-8-9-12/h12-14H,4-11H2,1-3H3. The molecule has 15 heavy (non-hydrogen) atoms. The summed E-state index contributed by atoms with van der Waals surface area (Å²) in [6.07, 6.45) is 8.07. The second-order valence-corrected chi connectivity index (χ2v) is 4.89. The minimum absolute atomic E-state index is 0.793. The van der Waals surface area contributed by atoms with Crippen LogP contribution in [0.4, 0.5) is 0 Å². The van der Waals surface area contributed by atoms with Gasteiger partial charge in [-0.1, -0.05) is 13.8 Å². The van der Waals surface area contributed by atoms with Gasteiger partial charge in [0.25, 0.3) is 0 Å². The molecule has 1 rings (SSSR count). The fourth-order valence-electron chi connectivity index (χ4n) is 2.17. The Morgan fingerprint density at radius 1 is 1.20 bits per heavy atom. The summed E-state index contributed by atoms with van der Waals surface area (Å²) in [5, 5.41) is 3.57. The molecule has 0 spiro atoms. The van der Waals surface area contributed by atoms with Crippen LogP contribution in [-0.4, -0.2) is 37.1 Å². The smallest absolute Gasteiger partial charge is 0.00869 e. The predicted octanol–water partition coefficient (Wildman–Crippen LogP) is 2.64. The molecule has 1 aliphatic carbocycles. The van der Waals surface area contributed by atoms with Gasteiger partial charge < -0.3 is 10.2 Å². The van der Waals surface area contributed by atoms with Gasteiger partial charge in [0.05, 0.1) is 0 Å². The quantitative estimate of drug-likeness (QED) is 0.591. The lowest BCUT2D eigenvalue weighted by atomic mass is 10.1. The molecule has 0 amide bonds. The maximum Gasteiger partial charge on any atom is 0.00869 e. The van der Waals surface area contributed by atoms with Gasteiger partial charge in [-0.2, -0.15) is 0 Å². The Hall–Kier alpha value is -0.0800. The molecule has 1 aliphatic rings. The van der Waals surface area contributed by atoms with E-state index in [1.807, 2.05) is 0 Å². The van der Waals surface area contributed by atoms with Gasteiger partial charge in [0.15, 0.2) is 0 Å². The van der Waals surface area contributed by atoms with Crippen molar-refractivity contribution in [1.29, 1.82) is 0 Å². The van der Waals surface area contributed by atoms with E-state index in [1.165, 1.54) is 51.6 Å². The molecule has 2 nitrogen and oxygen atoms in total. The van der Waals surface area contributed by atoms with Crippen molar-refractivity contribution in [2.24, 2.45) is 0 Å². The highest BCUT2D eigenvalue weighted by Crippen LogP contribution is 2.18. The number of unbranched alkanes of at least 4 members (excludes halogenated alkanes) is 1. The van der Waals surface area contributed by atoms with E-state index in [9.17, 15) is 0 Å². The van der Waals surface area contributed by atoms with Crippen LogP contribution in [-0.2, 0) is 0 Å². The summed E-state index contributed by atoms with van der Waals surface area (Å²) in [5.41, 5.74) is 0. The zero-order valence-electron chi connectivity index (χ0n) is 10.8. The van der Waals surface area contributed by atoms with E-state index in [-0.39, 0.29) is 0 Å². The monoisotopic (exact) mass is 212 g/mol. The molecule has 0 aromatic carbocycles. The zero-order chi connectivity index (χ0) is 11.1. The van der Waals surface area contributed by atoms with Gasteiger partial charge in [-0.25, -0.2) is 0 Å². The first-order chi connectivity index (χ1) is 7.27. The normalized spacial score (nSPS) is 16.6. The van der Waals surface area contributed by atoms with Crippen molar-refractivity contribution >= 4 is 0 Å². The molecule has 0 aromatic heterocycles. The second-order valence-electron chi connectivity index (χ2n) is 4.89. The van der Waals surface area contributed by atoms with Crippen LogP contribution < -0.4 is 5.32 Å². The van der Waals surface area contributed by atoms with Gasteiger partial charge >= 0.3 is 0 Å². The number of nitrogens with zero attached hydrogens (tertiary/aromatic N) is 1. The Labute approximate surface area is 95.4 Å². The van der Waals surface area contributed by atoms with Gasteiger partial charge in [-0.3, -0.25) is 0 Å². The Kier molecular flexibility index (Phi) is 6.26. The van der Waals surface area contributed by atoms with E-state index >= 15 is 0 Å². The zero-order valence-corrected chi connectivity index (χ0v) is 10.8. The molecule has 90 valence electrons. The summed E-state index contributed by atoms with van der Waals surface area (Å²) in [5.74, 6) is 0.